The fraction of sp³-hybridized carbons (Fsp3) is 0.136. The Morgan fingerprint density at radius 2 is 1.81 bits per heavy atom. The lowest BCUT2D eigenvalue weighted by molar-refractivity contribution is 0.419. The van der Waals surface area contributed by atoms with E-state index in [1.807, 2.05) is 34.9 Å². The van der Waals surface area contributed by atoms with Crippen molar-refractivity contribution in [3.63, 3.8) is 0 Å². The molecule has 0 radical (unpaired) electrons. The molecule has 4 heteroatoms. The van der Waals surface area contributed by atoms with Crippen molar-refractivity contribution in [3.05, 3.63) is 83.7 Å². The average molecular weight is 346 g/mol. The Kier molecular flexibility index (Phi) is 4.17. The molecule has 0 aliphatic heterocycles. The molecule has 0 bridgehead atoms. The maximum atomic E-state index is 14.5. The minimum atomic E-state index is -0.285. The fourth-order valence-corrected chi connectivity index (χ4v) is 3.29. The van der Waals surface area contributed by atoms with Crippen molar-refractivity contribution in [2.45, 2.75) is 13.5 Å². The third-order valence-corrected chi connectivity index (χ3v) is 4.50. The van der Waals surface area contributed by atoms with E-state index < -0.39 is 0 Å². The van der Waals surface area contributed by atoms with Gasteiger partial charge in [0.1, 0.15) is 22.9 Å². The van der Waals surface area contributed by atoms with Gasteiger partial charge in [0.2, 0.25) is 0 Å². The lowest BCUT2D eigenvalue weighted by Gasteiger charge is -2.11. The smallest absolute Gasteiger partial charge is 0.146 e. The van der Waals surface area contributed by atoms with E-state index in [9.17, 15) is 4.39 Å². The van der Waals surface area contributed by atoms with Gasteiger partial charge in [0, 0.05) is 6.54 Å². The van der Waals surface area contributed by atoms with Crippen LogP contribution in [0.15, 0.2) is 66.7 Å². The highest BCUT2D eigenvalue weighted by molar-refractivity contribution is 5.86. The molecule has 0 amide bonds. The summed E-state index contributed by atoms with van der Waals surface area (Å²) in [6.07, 6.45) is 0. The highest BCUT2D eigenvalue weighted by Gasteiger charge is 2.18. The summed E-state index contributed by atoms with van der Waals surface area (Å²) in [6.45, 7) is 2.67. The molecule has 4 rings (SSSR count). The number of hydrogen-bond donors (Lipinski definition) is 0. The average Bonchev–Trinajstić information content (AvgIpc) is 3.00. The number of ether oxygens (including phenoxy) is 1. The summed E-state index contributed by atoms with van der Waals surface area (Å²) in [6, 6.07) is 20.8. The molecule has 0 fully saturated rings. The van der Waals surface area contributed by atoms with E-state index in [-0.39, 0.29) is 5.82 Å². The molecule has 0 atom stereocenters. The standard InChI is InChI=1S/C22H19FN2O/c1-15-7-5-8-16(13-15)14-25-19-11-6-12-20(26-2)21(19)24-22(25)17-9-3-4-10-18(17)23/h3-13H,14H2,1-2H3. The van der Waals surface area contributed by atoms with Gasteiger partial charge in [-0.2, -0.15) is 0 Å². The SMILES string of the molecule is COc1cccc2c1nc(-c1ccccc1F)n2Cc1cccc(C)c1. The number of fused-ring (bicyclic) bond motifs is 1. The lowest BCUT2D eigenvalue weighted by Crippen LogP contribution is -2.03. The predicted octanol–water partition coefficient (Wildman–Crippen LogP) is 5.21. The Morgan fingerprint density at radius 1 is 1.00 bits per heavy atom. The first-order valence-electron chi connectivity index (χ1n) is 8.51. The van der Waals surface area contributed by atoms with Crippen LogP contribution in [0.5, 0.6) is 5.75 Å². The van der Waals surface area contributed by atoms with Crippen molar-refractivity contribution in [2.24, 2.45) is 0 Å². The van der Waals surface area contributed by atoms with E-state index >= 15 is 0 Å². The second-order valence-electron chi connectivity index (χ2n) is 6.32. The summed E-state index contributed by atoms with van der Waals surface area (Å²) in [5.74, 6) is 0.999. The highest BCUT2D eigenvalue weighted by Crippen LogP contribution is 2.32. The topological polar surface area (TPSA) is 27.1 Å². The van der Waals surface area contributed by atoms with E-state index in [1.165, 1.54) is 11.6 Å². The Balaban J connectivity index is 1.96. The van der Waals surface area contributed by atoms with Crippen LogP contribution in [0.1, 0.15) is 11.1 Å². The number of aromatic nitrogens is 2. The van der Waals surface area contributed by atoms with Gasteiger partial charge in [0.15, 0.2) is 0 Å². The number of imidazole rings is 1. The van der Waals surface area contributed by atoms with Crippen LogP contribution in [0.25, 0.3) is 22.4 Å². The third kappa shape index (κ3) is 2.84. The van der Waals surface area contributed by atoms with E-state index in [0.29, 0.717) is 23.7 Å². The number of nitrogens with zero attached hydrogens (tertiary/aromatic N) is 2. The molecular weight excluding hydrogens is 327 g/mol. The number of hydrogen-bond acceptors (Lipinski definition) is 2. The van der Waals surface area contributed by atoms with E-state index in [0.717, 1.165) is 16.6 Å². The van der Waals surface area contributed by atoms with Crippen LogP contribution in [0.2, 0.25) is 0 Å². The Morgan fingerprint density at radius 3 is 2.58 bits per heavy atom. The zero-order chi connectivity index (χ0) is 18.1. The molecule has 0 spiro atoms. The van der Waals surface area contributed by atoms with Gasteiger partial charge in [-0.3, -0.25) is 0 Å². The van der Waals surface area contributed by atoms with Crippen molar-refractivity contribution in [3.8, 4) is 17.1 Å². The number of aryl methyl sites for hydroxylation is 1. The molecule has 26 heavy (non-hydrogen) atoms. The molecule has 3 nitrogen and oxygen atoms in total. The summed E-state index contributed by atoms with van der Waals surface area (Å²) in [4.78, 5) is 4.73. The first-order valence-corrected chi connectivity index (χ1v) is 8.51. The normalized spacial score (nSPS) is 11.0. The molecule has 0 saturated heterocycles. The minimum Gasteiger partial charge on any atom is -0.494 e. The van der Waals surface area contributed by atoms with Gasteiger partial charge >= 0.3 is 0 Å². The number of rotatable bonds is 4. The van der Waals surface area contributed by atoms with Crippen molar-refractivity contribution >= 4 is 11.0 Å². The quantitative estimate of drug-likeness (QED) is 0.507. The minimum absolute atomic E-state index is 0.285. The van der Waals surface area contributed by atoms with Crippen LogP contribution in [0, 0.1) is 12.7 Å². The number of methoxy groups -OCH3 is 1. The molecule has 1 aromatic heterocycles. The molecule has 0 N–H and O–H groups in total. The van der Waals surface area contributed by atoms with Crippen molar-refractivity contribution in [2.75, 3.05) is 7.11 Å². The van der Waals surface area contributed by atoms with Crippen molar-refractivity contribution in [1.29, 1.82) is 0 Å². The number of benzene rings is 3. The Labute approximate surface area is 151 Å². The molecule has 0 saturated carbocycles. The monoisotopic (exact) mass is 346 g/mol. The zero-order valence-electron chi connectivity index (χ0n) is 14.7. The van der Waals surface area contributed by atoms with Crippen LogP contribution in [-0.4, -0.2) is 16.7 Å². The molecule has 0 aliphatic rings. The molecule has 3 aromatic carbocycles. The van der Waals surface area contributed by atoms with Crippen LogP contribution < -0.4 is 4.74 Å². The fourth-order valence-electron chi connectivity index (χ4n) is 3.29. The van der Waals surface area contributed by atoms with Crippen molar-refractivity contribution in [1.82, 2.24) is 9.55 Å². The maximum Gasteiger partial charge on any atom is 0.146 e. The van der Waals surface area contributed by atoms with Crippen LogP contribution >= 0.6 is 0 Å². The first kappa shape index (κ1) is 16.3. The second-order valence-corrected chi connectivity index (χ2v) is 6.32. The van der Waals surface area contributed by atoms with Gasteiger partial charge in [0.05, 0.1) is 18.2 Å². The second kappa shape index (κ2) is 6.64. The summed E-state index contributed by atoms with van der Waals surface area (Å²) in [5, 5.41) is 0. The van der Waals surface area contributed by atoms with E-state index in [4.69, 9.17) is 9.72 Å². The largest absolute Gasteiger partial charge is 0.494 e. The highest BCUT2D eigenvalue weighted by atomic mass is 19.1. The zero-order valence-corrected chi connectivity index (χ0v) is 14.7. The first-order chi connectivity index (χ1) is 12.7. The van der Waals surface area contributed by atoms with Gasteiger partial charge in [-0.15, -0.1) is 0 Å². The molecule has 1 heterocycles. The van der Waals surface area contributed by atoms with Crippen LogP contribution in [0.4, 0.5) is 4.39 Å². The third-order valence-electron chi connectivity index (χ3n) is 4.50. The van der Waals surface area contributed by atoms with Crippen LogP contribution in [0.3, 0.4) is 0 Å². The molecule has 0 aliphatic carbocycles. The molecule has 130 valence electrons. The van der Waals surface area contributed by atoms with Gasteiger partial charge < -0.3 is 9.30 Å². The molecule has 0 unspecified atom stereocenters. The maximum absolute atomic E-state index is 14.5. The Bertz CT molecular complexity index is 1080. The van der Waals surface area contributed by atoms with Gasteiger partial charge in [-0.05, 0) is 36.8 Å². The molecule has 4 aromatic rings. The van der Waals surface area contributed by atoms with Gasteiger partial charge in [0.25, 0.3) is 0 Å². The Hall–Kier alpha value is -3.14. The predicted molar refractivity (Wildman–Crippen MR) is 102 cm³/mol. The van der Waals surface area contributed by atoms with Gasteiger partial charge in [-0.25, -0.2) is 9.37 Å². The summed E-state index contributed by atoms with van der Waals surface area (Å²) < 4.78 is 22.0. The lowest BCUT2D eigenvalue weighted by atomic mass is 10.1. The number of halogens is 1. The summed E-state index contributed by atoms with van der Waals surface area (Å²) in [7, 11) is 1.62. The summed E-state index contributed by atoms with van der Waals surface area (Å²) in [5.41, 5.74) is 4.48. The van der Waals surface area contributed by atoms with E-state index in [1.54, 1.807) is 19.2 Å². The van der Waals surface area contributed by atoms with Gasteiger partial charge in [-0.1, -0.05) is 48.0 Å². The van der Waals surface area contributed by atoms with E-state index in [2.05, 4.69) is 25.1 Å². The number of para-hydroxylation sites is 1. The van der Waals surface area contributed by atoms with Crippen LogP contribution in [-0.2, 0) is 6.54 Å². The van der Waals surface area contributed by atoms with Crippen molar-refractivity contribution < 1.29 is 9.13 Å². The molecular formula is C22H19FN2O. The summed E-state index contributed by atoms with van der Waals surface area (Å²) >= 11 is 0.